The summed E-state index contributed by atoms with van der Waals surface area (Å²) in [7, 11) is 1.42. The SMILES string of the molecule is COc1cc(/C=C2\SC(=S)N(c3cccc(C(F)(F)F)c3)C2=O)ccc1OCC(=O)Nc1ccc(Br)c(Cl)c1. The molecule has 13 heteroatoms. The molecule has 0 bridgehead atoms. The summed E-state index contributed by atoms with van der Waals surface area (Å²) in [5.74, 6) is -0.377. The van der Waals surface area contributed by atoms with Crippen LogP contribution < -0.4 is 19.7 Å². The zero-order valence-electron chi connectivity index (χ0n) is 19.8. The Morgan fingerprint density at radius 2 is 1.92 bits per heavy atom. The van der Waals surface area contributed by atoms with Crippen LogP contribution in [-0.2, 0) is 15.8 Å². The van der Waals surface area contributed by atoms with E-state index in [-0.39, 0.29) is 27.3 Å². The number of nitrogens with one attached hydrogen (secondary N) is 1. The van der Waals surface area contributed by atoms with E-state index in [1.54, 1.807) is 42.5 Å². The van der Waals surface area contributed by atoms with E-state index < -0.39 is 23.6 Å². The summed E-state index contributed by atoms with van der Waals surface area (Å²) in [6.07, 6.45) is -3.01. The van der Waals surface area contributed by atoms with Crippen LogP contribution in [0.5, 0.6) is 11.5 Å². The van der Waals surface area contributed by atoms with Crippen LogP contribution in [0.15, 0.2) is 70.0 Å². The Kier molecular flexibility index (Phi) is 8.90. The molecule has 0 spiro atoms. The van der Waals surface area contributed by atoms with Crippen molar-refractivity contribution in [3.05, 3.63) is 86.2 Å². The van der Waals surface area contributed by atoms with E-state index in [0.717, 1.165) is 28.8 Å². The second-order valence-electron chi connectivity index (χ2n) is 7.94. The highest BCUT2D eigenvalue weighted by Gasteiger charge is 2.36. The summed E-state index contributed by atoms with van der Waals surface area (Å²) in [4.78, 5) is 26.6. The van der Waals surface area contributed by atoms with E-state index in [2.05, 4.69) is 21.2 Å². The van der Waals surface area contributed by atoms with Gasteiger partial charge in [-0.2, -0.15) is 13.2 Å². The number of ether oxygens (including phenoxy) is 2. The highest BCUT2D eigenvalue weighted by atomic mass is 79.9. The molecule has 4 rings (SSSR count). The predicted molar refractivity (Wildman–Crippen MR) is 153 cm³/mol. The van der Waals surface area contributed by atoms with Gasteiger partial charge in [-0.05, 0) is 76.1 Å². The number of amides is 2. The molecule has 0 saturated carbocycles. The molecule has 1 saturated heterocycles. The summed E-state index contributed by atoms with van der Waals surface area (Å²) in [5.41, 5.74) is 0.202. The van der Waals surface area contributed by atoms with Crippen LogP contribution in [0.2, 0.25) is 5.02 Å². The van der Waals surface area contributed by atoms with Crippen molar-refractivity contribution >= 4 is 85.1 Å². The zero-order valence-corrected chi connectivity index (χ0v) is 23.8. The van der Waals surface area contributed by atoms with Gasteiger partial charge in [-0.25, -0.2) is 0 Å². The first-order valence-electron chi connectivity index (χ1n) is 11.0. The Morgan fingerprint density at radius 3 is 2.62 bits per heavy atom. The Labute approximate surface area is 244 Å². The highest BCUT2D eigenvalue weighted by molar-refractivity contribution is 9.10. The molecular formula is C26H17BrClF3N2O4S2. The quantitative estimate of drug-likeness (QED) is 0.209. The first-order valence-corrected chi connectivity index (χ1v) is 13.4. The Hall–Kier alpha value is -3.06. The van der Waals surface area contributed by atoms with Gasteiger partial charge in [0.05, 0.1) is 28.3 Å². The fraction of sp³-hybridized carbons (Fsp3) is 0.115. The normalized spacial score (nSPS) is 14.6. The number of thioether (sulfide) groups is 1. The molecular weight excluding hydrogens is 641 g/mol. The van der Waals surface area contributed by atoms with Gasteiger partial charge in [0, 0.05) is 10.2 Å². The van der Waals surface area contributed by atoms with Crippen LogP contribution in [0.3, 0.4) is 0 Å². The van der Waals surface area contributed by atoms with Crippen molar-refractivity contribution in [1.29, 1.82) is 0 Å². The van der Waals surface area contributed by atoms with Gasteiger partial charge in [0.15, 0.2) is 22.4 Å². The second kappa shape index (κ2) is 12.0. The van der Waals surface area contributed by atoms with Crippen LogP contribution in [0.25, 0.3) is 6.08 Å². The molecule has 3 aromatic rings. The summed E-state index contributed by atoms with van der Waals surface area (Å²) in [5, 5.41) is 3.12. The third-order valence-electron chi connectivity index (χ3n) is 5.27. The van der Waals surface area contributed by atoms with E-state index in [9.17, 15) is 22.8 Å². The standard InChI is InChI=1S/C26H17BrClF3N2O4S2/c1-36-21-9-14(5-8-20(21)37-13-23(34)32-16-6-7-18(27)19(28)12-16)10-22-24(35)33(25(38)39-22)17-4-2-3-15(11-17)26(29,30)31/h2-12H,13H2,1H3,(H,32,34)/b22-10-. The number of anilines is 2. The minimum Gasteiger partial charge on any atom is -0.493 e. The predicted octanol–water partition coefficient (Wildman–Crippen LogP) is 7.55. The number of halogens is 5. The summed E-state index contributed by atoms with van der Waals surface area (Å²) >= 11 is 15.6. The average molecular weight is 658 g/mol. The van der Waals surface area contributed by atoms with Crippen molar-refractivity contribution in [3.63, 3.8) is 0 Å². The zero-order chi connectivity index (χ0) is 28.3. The van der Waals surface area contributed by atoms with Crippen molar-refractivity contribution in [3.8, 4) is 11.5 Å². The van der Waals surface area contributed by atoms with Crippen molar-refractivity contribution in [1.82, 2.24) is 0 Å². The molecule has 1 aliphatic rings. The average Bonchev–Trinajstić information content (AvgIpc) is 3.17. The van der Waals surface area contributed by atoms with Gasteiger partial charge in [-0.15, -0.1) is 0 Å². The van der Waals surface area contributed by atoms with Crippen LogP contribution in [0.1, 0.15) is 11.1 Å². The van der Waals surface area contributed by atoms with Gasteiger partial charge < -0.3 is 14.8 Å². The van der Waals surface area contributed by atoms with E-state index in [4.69, 9.17) is 33.3 Å². The van der Waals surface area contributed by atoms with Gasteiger partial charge in [0.25, 0.3) is 11.8 Å². The summed E-state index contributed by atoms with van der Waals surface area (Å²) in [6, 6.07) is 14.2. The maximum absolute atomic E-state index is 13.1. The van der Waals surface area contributed by atoms with Crippen molar-refractivity contribution in [2.45, 2.75) is 6.18 Å². The molecule has 3 aromatic carbocycles. The number of methoxy groups -OCH3 is 1. The molecule has 1 aliphatic heterocycles. The third-order valence-corrected chi connectivity index (χ3v) is 7.81. The molecule has 1 N–H and O–H groups in total. The molecule has 0 aliphatic carbocycles. The fourth-order valence-electron chi connectivity index (χ4n) is 3.47. The lowest BCUT2D eigenvalue weighted by Crippen LogP contribution is -2.27. The van der Waals surface area contributed by atoms with Crippen LogP contribution in [-0.4, -0.2) is 29.9 Å². The van der Waals surface area contributed by atoms with Crippen LogP contribution in [0.4, 0.5) is 24.5 Å². The van der Waals surface area contributed by atoms with Gasteiger partial charge in [0.1, 0.15) is 0 Å². The Morgan fingerprint density at radius 1 is 1.15 bits per heavy atom. The Bertz CT molecular complexity index is 1500. The lowest BCUT2D eigenvalue weighted by atomic mass is 10.1. The van der Waals surface area contributed by atoms with Crippen molar-refractivity contribution in [2.75, 3.05) is 23.9 Å². The maximum Gasteiger partial charge on any atom is 0.416 e. The monoisotopic (exact) mass is 656 g/mol. The smallest absolute Gasteiger partial charge is 0.416 e. The minimum absolute atomic E-state index is 0.0285. The molecule has 0 atom stereocenters. The topological polar surface area (TPSA) is 67.9 Å². The van der Waals surface area contributed by atoms with E-state index in [1.807, 2.05) is 0 Å². The lowest BCUT2D eigenvalue weighted by molar-refractivity contribution is -0.137. The molecule has 1 heterocycles. The Balaban J connectivity index is 1.46. The highest BCUT2D eigenvalue weighted by Crippen LogP contribution is 2.39. The molecule has 39 heavy (non-hydrogen) atoms. The van der Waals surface area contributed by atoms with Crippen molar-refractivity contribution < 1.29 is 32.2 Å². The summed E-state index contributed by atoms with van der Waals surface area (Å²) in [6.45, 7) is -0.307. The van der Waals surface area contributed by atoms with Crippen molar-refractivity contribution in [2.24, 2.45) is 0 Å². The second-order valence-corrected chi connectivity index (χ2v) is 10.9. The van der Waals surface area contributed by atoms with E-state index in [1.165, 1.54) is 19.2 Å². The van der Waals surface area contributed by atoms with E-state index in [0.29, 0.717) is 26.5 Å². The number of thiocarbonyl (C=S) groups is 1. The molecule has 0 unspecified atom stereocenters. The number of alkyl halides is 3. The largest absolute Gasteiger partial charge is 0.493 e. The number of carbonyl (C=O) groups excluding carboxylic acids is 2. The maximum atomic E-state index is 13.1. The van der Waals surface area contributed by atoms with Gasteiger partial charge >= 0.3 is 6.18 Å². The fourth-order valence-corrected chi connectivity index (χ4v) is 5.20. The van der Waals surface area contributed by atoms with Crippen LogP contribution >= 0.6 is 51.5 Å². The lowest BCUT2D eigenvalue weighted by Gasteiger charge is -2.16. The first-order chi connectivity index (χ1) is 18.5. The van der Waals surface area contributed by atoms with E-state index >= 15 is 0 Å². The molecule has 0 aromatic heterocycles. The number of benzene rings is 3. The van der Waals surface area contributed by atoms with Crippen LogP contribution in [0, 0.1) is 0 Å². The summed E-state index contributed by atoms with van der Waals surface area (Å²) < 4.78 is 51.2. The number of rotatable bonds is 7. The molecule has 2 amide bonds. The molecule has 6 nitrogen and oxygen atoms in total. The van der Waals surface area contributed by atoms with Gasteiger partial charge in [-0.1, -0.05) is 47.7 Å². The molecule has 1 fully saturated rings. The van der Waals surface area contributed by atoms with Gasteiger partial charge in [0.2, 0.25) is 0 Å². The number of nitrogens with zero attached hydrogens (tertiary/aromatic N) is 1. The first kappa shape index (κ1) is 28.9. The molecule has 202 valence electrons. The molecule has 0 radical (unpaired) electrons. The number of hydrogen-bond acceptors (Lipinski definition) is 6. The number of hydrogen-bond donors (Lipinski definition) is 1. The number of carbonyl (C=O) groups is 2. The third kappa shape index (κ3) is 6.93. The minimum atomic E-state index is -4.56. The van der Waals surface area contributed by atoms with Gasteiger partial charge in [-0.3, -0.25) is 14.5 Å².